The molecule has 0 radical (unpaired) electrons. The fraction of sp³-hybridized carbons (Fsp3) is 1.00. The number of nitrogens with one attached hydrogen (secondary N) is 3. The first kappa shape index (κ1) is 21.0. The Bertz CT molecular complexity index is 336. The minimum absolute atomic E-state index is 0.124. The minimum atomic E-state index is 0.124. The van der Waals surface area contributed by atoms with Crippen LogP contribution in [0, 0.1) is 0 Å². The zero-order chi connectivity index (χ0) is 18.1. The average molecular weight is 358 g/mol. The Balaban J connectivity index is 1.61. The Hall–Kier alpha value is -0.280. The smallest absolute Gasteiger partial charge is 0.123 e. The number of likely N-dealkylation sites (N-methyl/N-ethyl adjacent to an activating group) is 2. The normalized spacial score (nSPS) is 32.2. The van der Waals surface area contributed by atoms with Gasteiger partial charge in [0.1, 0.15) is 12.5 Å². The Morgan fingerprint density at radius 2 is 1.24 bits per heavy atom. The fourth-order valence-corrected chi connectivity index (χ4v) is 3.76. The average Bonchev–Trinajstić information content (AvgIpc) is 2.54. The highest BCUT2D eigenvalue weighted by Gasteiger charge is 2.26. The van der Waals surface area contributed by atoms with E-state index in [-0.39, 0.29) is 12.5 Å². The van der Waals surface area contributed by atoms with Gasteiger partial charge in [-0.15, -0.1) is 0 Å². The monoisotopic (exact) mass is 357 g/mol. The van der Waals surface area contributed by atoms with E-state index >= 15 is 0 Å². The highest BCUT2D eigenvalue weighted by molar-refractivity contribution is 4.77. The molecule has 4 atom stereocenters. The molecule has 3 N–H and O–H groups in total. The molecule has 2 rings (SSSR count). The molecule has 2 saturated heterocycles. The van der Waals surface area contributed by atoms with Gasteiger partial charge >= 0.3 is 0 Å². The van der Waals surface area contributed by atoms with Gasteiger partial charge in [0.15, 0.2) is 0 Å². The predicted molar refractivity (Wildman–Crippen MR) is 102 cm³/mol. The van der Waals surface area contributed by atoms with Crippen molar-refractivity contribution in [2.24, 2.45) is 0 Å². The van der Waals surface area contributed by atoms with Gasteiger partial charge in [0.05, 0.1) is 12.2 Å². The van der Waals surface area contributed by atoms with Crippen LogP contribution in [0.25, 0.3) is 0 Å². The number of nitrogens with zero attached hydrogens (tertiary/aromatic N) is 2. The molecule has 25 heavy (non-hydrogen) atoms. The van der Waals surface area contributed by atoms with Crippen LogP contribution in [-0.4, -0.2) is 99.9 Å². The highest BCUT2D eigenvalue weighted by Crippen LogP contribution is 2.10. The van der Waals surface area contributed by atoms with Crippen molar-refractivity contribution in [3.8, 4) is 0 Å². The maximum absolute atomic E-state index is 6.02. The van der Waals surface area contributed by atoms with Gasteiger partial charge in [0, 0.05) is 52.4 Å². The summed E-state index contributed by atoms with van der Waals surface area (Å²) in [6.07, 6.45) is 0.949. The van der Waals surface area contributed by atoms with Crippen LogP contribution in [0.4, 0.5) is 0 Å². The maximum atomic E-state index is 6.02. The molecule has 4 unspecified atom stereocenters. The summed E-state index contributed by atoms with van der Waals surface area (Å²) in [5, 5.41) is 10.4. The fourth-order valence-electron chi connectivity index (χ4n) is 3.76. The van der Waals surface area contributed by atoms with E-state index < -0.39 is 0 Å². The van der Waals surface area contributed by atoms with Crippen molar-refractivity contribution in [3.63, 3.8) is 0 Å². The molecule has 0 saturated carbocycles. The standard InChI is InChI=1S/C18H39N5O2/c1-5-20-17-13-23(14-18(25-17)21-6-2)10-8-19-7-9-22-11-15(3)24-16(4)12-22/h15-21H,5-14H2,1-4H3. The van der Waals surface area contributed by atoms with E-state index in [0.29, 0.717) is 12.2 Å². The first-order chi connectivity index (χ1) is 12.1. The SMILES string of the molecule is CCNC1CN(CCNCCN2CC(C)OC(C)C2)CC(NCC)O1. The van der Waals surface area contributed by atoms with E-state index in [1.54, 1.807) is 0 Å². The number of ether oxygens (including phenoxy) is 2. The van der Waals surface area contributed by atoms with Crippen LogP contribution in [-0.2, 0) is 9.47 Å². The van der Waals surface area contributed by atoms with Crippen molar-refractivity contribution >= 4 is 0 Å². The van der Waals surface area contributed by atoms with Gasteiger partial charge in [0.2, 0.25) is 0 Å². The van der Waals surface area contributed by atoms with Crippen molar-refractivity contribution in [3.05, 3.63) is 0 Å². The molecule has 0 aromatic rings. The lowest BCUT2D eigenvalue weighted by molar-refractivity contribution is -0.110. The van der Waals surface area contributed by atoms with Crippen molar-refractivity contribution in [2.75, 3.05) is 65.4 Å². The van der Waals surface area contributed by atoms with Crippen LogP contribution in [0.1, 0.15) is 27.7 Å². The maximum Gasteiger partial charge on any atom is 0.123 e. The molecular formula is C18H39N5O2. The van der Waals surface area contributed by atoms with E-state index in [1.165, 1.54) is 0 Å². The van der Waals surface area contributed by atoms with E-state index in [9.17, 15) is 0 Å². The lowest BCUT2D eigenvalue weighted by Gasteiger charge is -2.38. The molecule has 0 spiro atoms. The number of hydrogen-bond acceptors (Lipinski definition) is 7. The van der Waals surface area contributed by atoms with E-state index in [2.05, 4.69) is 53.4 Å². The van der Waals surface area contributed by atoms with E-state index in [4.69, 9.17) is 9.47 Å². The first-order valence-electron chi connectivity index (χ1n) is 10.0. The van der Waals surface area contributed by atoms with Crippen molar-refractivity contribution in [1.29, 1.82) is 0 Å². The molecule has 0 aromatic carbocycles. The molecule has 7 nitrogen and oxygen atoms in total. The molecule has 0 aromatic heterocycles. The molecule has 0 amide bonds. The van der Waals surface area contributed by atoms with Crippen LogP contribution in [0.15, 0.2) is 0 Å². The summed E-state index contributed by atoms with van der Waals surface area (Å²) in [7, 11) is 0. The van der Waals surface area contributed by atoms with Gasteiger partial charge in [-0.1, -0.05) is 13.8 Å². The second-order valence-corrected chi connectivity index (χ2v) is 7.26. The minimum Gasteiger partial charge on any atom is -0.373 e. The zero-order valence-electron chi connectivity index (χ0n) is 16.6. The largest absolute Gasteiger partial charge is 0.373 e. The van der Waals surface area contributed by atoms with Crippen molar-refractivity contribution in [1.82, 2.24) is 25.8 Å². The van der Waals surface area contributed by atoms with Crippen LogP contribution in [0.2, 0.25) is 0 Å². The number of morpholine rings is 2. The summed E-state index contributed by atoms with van der Waals surface area (Å²) in [6.45, 7) is 18.7. The summed E-state index contributed by atoms with van der Waals surface area (Å²) in [4.78, 5) is 4.99. The Morgan fingerprint density at radius 1 is 0.760 bits per heavy atom. The molecule has 2 fully saturated rings. The quantitative estimate of drug-likeness (QED) is 0.472. The van der Waals surface area contributed by atoms with Gasteiger partial charge in [-0.3, -0.25) is 20.4 Å². The lowest BCUT2D eigenvalue weighted by atomic mass is 10.2. The first-order valence-corrected chi connectivity index (χ1v) is 10.0. The number of hydrogen-bond donors (Lipinski definition) is 3. The molecule has 2 heterocycles. The molecular weight excluding hydrogens is 318 g/mol. The zero-order valence-corrected chi connectivity index (χ0v) is 16.6. The third-order valence-corrected chi connectivity index (χ3v) is 4.75. The van der Waals surface area contributed by atoms with Gasteiger partial charge < -0.3 is 14.8 Å². The summed E-state index contributed by atoms with van der Waals surface area (Å²) in [5.74, 6) is 0. The van der Waals surface area contributed by atoms with Gasteiger partial charge in [0.25, 0.3) is 0 Å². The summed E-state index contributed by atoms with van der Waals surface area (Å²) >= 11 is 0. The third-order valence-electron chi connectivity index (χ3n) is 4.75. The Labute approximate surface area is 153 Å². The van der Waals surface area contributed by atoms with Gasteiger partial charge in [-0.25, -0.2) is 0 Å². The molecule has 7 heteroatoms. The summed E-state index contributed by atoms with van der Waals surface area (Å²) in [5.41, 5.74) is 0. The van der Waals surface area contributed by atoms with Crippen molar-refractivity contribution in [2.45, 2.75) is 52.4 Å². The van der Waals surface area contributed by atoms with E-state index in [0.717, 1.165) is 65.4 Å². The van der Waals surface area contributed by atoms with Crippen LogP contribution >= 0.6 is 0 Å². The predicted octanol–water partition coefficient (Wildman–Crippen LogP) is -0.111. The number of rotatable bonds is 10. The van der Waals surface area contributed by atoms with Crippen molar-refractivity contribution < 1.29 is 9.47 Å². The lowest BCUT2D eigenvalue weighted by Crippen LogP contribution is -2.58. The summed E-state index contributed by atoms with van der Waals surface area (Å²) in [6, 6.07) is 0. The van der Waals surface area contributed by atoms with Gasteiger partial charge in [-0.2, -0.15) is 0 Å². The second-order valence-electron chi connectivity index (χ2n) is 7.26. The Kier molecular flexibility index (Phi) is 9.62. The van der Waals surface area contributed by atoms with E-state index in [1.807, 2.05) is 0 Å². The van der Waals surface area contributed by atoms with Crippen LogP contribution in [0.5, 0.6) is 0 Å². The molecule has 0 bridgehead atoms. The second kappa shape index (κ2) is 11.4. The molecule has 148 valence electrons. The summed E-state index contributed by atoms with van der Waals surface area (Å²) < 4.78 is 11.8. The molecule has 0 aliphatic carbocycles. The molecule has 2 aliphatic heterocycles. The topological polar surface area (TPSA) is 61.0 Å². The van der Waals surface area contributed by atoms with Crippen LogP contribution < -0.4 is 16.0 Å². The third kappa shape index (κ3) is 7.86. The van der Waals surface area contributed by atoms with Gasteiger partial charge in [-0.05, 0) is 26.9 Å². The van der Waals surface area contributed by atoms with Crippen LogP contribution in [0.3, 0.4) is 0 Å². The molecule has 2 aliphatic rings. The Morgan fingerprint density at radius 3 is 1.72 bits per heavy atom. The highest BCUT2D eigenvalue weighted by atomic mass is 16.5.